The van der Waals surface area contributed by atoms with Crippen molar-refractivity contribution in [1.29, 1.82) is 0 Å². The zero-order valence-electron chi connectivity index (χ0n) is 16.7. The molecule has 7 nitrogen and oxygen atoms in total. The van der Waals surface area contributed by atoms with Crippen LogP contribution in [0.4, 0.5) is 10.5 Å². The van der Waals surface area contributed by atoms with Gasteiger partial charge < -0.3 is 4.90 Å². The number of piperazine rings is 1. The van der Waals surface area contributed by atoms with E-state index in [1.165, 1.54) is 4.90 Å². The van der Waals surface area contributed by atoms with Crippen LogP contribution < -0.4 is 4.90 Å². The minimum Gasteiger partial charge on any atom is -0.369 e. The first kappa shape index (κ1) is 20.2. The molecule has 29 heavy (non-hydrogen) atoms. The van der Waals surface area contributed by atoms with Crippen LogP contribution in [0.25, 0.3) is 0 Å². The summed E-state index contributed by atoms with van der Waals surface area (Å²) in [7, 11) is 0. The minimum absolute atomic E-state index is 0.155. The highest BCUT2D eigenvalue weighted by atomic mass is 35.5. The number of benzene rings is 1. The molecule has 0 spiro atoms. The van der Waals surface area contributed by atoms with E-state index in [1.54, 1.807) is 0 Å². The van der Waals surface area contributed by atoms with E-state index in [0.29, 0.717) is 18.1 Å². The van der Waals surface area contributed by atoms with E-state index in [1.807, 2.05) is 24.3 Å². The second-order valence-corrected chi connectivity index (χ2v) is 8.68. The Kier molecular flexibility index (Phi) is 5.79. The van der Waals surface area contributed by atoms with Crippen LogP contribution >= 0.6 is 11.6 Å². The van der Waals surface area contributed by atoms with E-state index in [2.05, 4.69) is 16.7 Å². The van der Waals surface area contributed by atoms with Gasteiger partial charge in [0.2, 0.25) is 0 Å². The molecule has 156 valence electrons. The predicted octanol–water partition coefficient (Wildman–Crippen LogP) is 2.79. The molecular formula is C21H27ClN4O3. The van der Waals surface area contributed by atoms with Crippen molar-refractivity contribution in [2.75, 3.05) is 37.7 Å². The van der Waals surface area contributed by atoms with Crippen LogP contribution in [0.5, 0.6) is 0 Å². The molecule has 1 saturated carbocycles. The Hall–Kier alpha value is -2.12. The van der Waals surface area contributed by atoms with Gasteiger partial charge in [-0.25, -0.2) is 9.69 Å². The average molecular weight is 419 g/mol. The standard InChI is InChI=1S/C21H27ClN4O3/c1-15-5-2-3-8-18(15)26-20(28)19(27)25(21(26)29)14-23-9-11-24(12-10-23)17-7-4-6-16(22)13-17/h4,6-7,13,15,18H,2-3,5,8-12,14H2,1H3/t15-,18+/m0/s1. The number of hydrogen-bond acceptors (Lipinski definition) is 5. The summed E-state index contributed by atoms with van der Waals surface area (Å²) in [6.45, 7) is 5.19. The quantitative estimate of drug-likeness (QED) is 0.555. The van der Waals surface area contributed by atoms with Crippen molar-refractivity contribution in [2.45, 2.75) is 38.6 Å². The van der Waals surface area contributed by atoms with Gasteiger partial charge in [0.25, 0.3) is 0 Å². The third-order valence-electron chi connectivity index (χ3n) is 6.37. The molecule has 1 aromatic rings. The number of hydrogen-bond donors (Lipinski definition) is 0. The van der Waals surface area contributed by atoms with Crippen LogP contribution in [-0.4, -0.2) is 71.4 Å². The van der Waals surface area contributed by atoms with Crippen molar-refractivity contribution < 1.29 is 14.4 Å². The van der Waals surface area contributed by atoms with Crippen molar-refractivity contribution in [1.82, 2.24) is 14.7 Å². The second-order valence-electron chi connectivity index (χ2n) is 8.25. The highest BCUT2D eigenvalue weighted by Gasteiger charge is 2.49. The number of nitrogens with zero attached hydrogens (tertiary/aromatic N) is 4. The number of halogens is 1. The Labute approximate surface area is 176 Å². The number of rotatable bonds is 4. The summed E-state index contributed by atoms with van der Waals surface area (Å²) in [5, 5.41) is 0.703. The van der Waals surface area contributed by atoms with Crippen molar-refractivity contribution in [2.24, 2.45) is 5.92 Å². The van der Waals surface area contributed by atoms with Crippen molar-refractivity contribution in [3.8, 4) is 0 Å². The first-order chi connectivity index (χ1) is 14.0. The average Bonchev–Trinajstić information content (AvgIpc) is 2.92. The molecule has 2 saturated heterocycles. The Morgan fingerprint density at radius 1 is 1.00 bits per heavy atom. The van der Waals surface area contributed by atoms with Crippen LogP contribution in [0.3, 0.4) is 0 Å². The molecule has 8 heteroatoms. The summed E-state index contributed by atoms with van der Waals surface area (Å²) in [5.74, 6) is -1.11. The van der Waals surface area contributed by atoms with Gasteiger partial charge in [-0.05, 0) is 37.0 Å². The molecule has 1 aliphatic carbocycles. The fourth-order valence-corrected chi connectivity index (χ4v) is 4.82. The smallest absolute Gasteiger partial charge is 0.335 e. The predicted molar refractivity (Wildman–Crippen MR) is 111 cm³/mol. The molecule has 0 unspecified atom stereocenters. The van der Waals surface area contributed by atoms with Crippen LogP contribution in [0.15, 0.2) is 24.3 Å². The van der Waals surface area contributed by atoms with E-state index in [9.17, 15) is 14.4 Å². The normalized spacial score (nSPS) is 26.6. The van der Waals surface area contributed by atoms with E-state index >= 15 is 0 Å². The third-order valence-corrected chi connectivity index (χ3v) is 6.60. The highest BCUT2D eigenvalue weighted by molar-refractivity contribution is 6.44. The van der Waals surface area contributed by atoms with E-state index in [0.717, 1.165) is 49.4 Å². The molecule has 2 atom stereocenters. The minimum atomic E-state index is -0.690. The van der Waals surface area contributed by atoms with Gasteiger partial charge in [-0.15, -0.1) is 0 Å². The Morgan fingerprint density at radius 3 is 2.41 bits per heavy atom. The third kappa shape index (κ3) is 3.98. The molecule has 4 amide bonds. The molecule has 0 bridgehead atoms. The van der Waals surface area contributed by atoms with Gasteiger partial charge in [0.05, 0.1) is 6.67 Å². The molecule has 0 N–H and O–H groups in total. The number of imide groups is 2. The molecule has 2 heterocycles. The largest absolute Gasteiger partial charge is 0.369 e. The Balaban J connectivity index is 1.38. The Bertz CT molecular complexity index is 809. The lowest BCUT2D eigenvalue weighted by Gasteiger charge is -2.37. The van der Waals surface area contributed by atoms with Crippen LogP contribution in [0.1, 0.15) is 32.6 Å². The van der Waals surface area contributed by atoms with Gasteiger partial charge in [-0.1, -0.05) is 37.4 Å². The number of urea groups is 1. The maximum Gasteiger partial charge on any atom is 0.335 e. The summed E-state index contributed by atoms with van der Waals surface area (Å²) in [6, 6.07) is 7.14. The van der Waals surface area contributed by atoms with Gasteiger partial charge in [0.15, 0.2) is 0 Å². The lowest BCUT2D eigenvalue weighted by Crippen LogP contribution is -2.52. The topological polar surface area (TPSA) is 64.2 Å². The Morgan fingerprint density at radius 2 is 1.72 bits per heavy atom. The molecule has 2 aliphatic heterocycles. The number of anilines is 1. The number of carbonyl (C=O) groups excluding carboxylic acids is 3. The van der Waals surface area contributed by atoms with Crippen LogP contribution in [-0.2, 0) is 9.59 Å². The number of amides is 4. The maximum absolute atomic E-state index is 12.9. The number of carbonyl (C=O) groups is 3. The van der Waals surface area contributed by atoms with Crippen molar-refractivity contribution in [3.63, 3.8) is 0 Å². The van der Waals surface area contributed by atoms with Crippen molar-refractivity contribution >= 4 is 35.1 Å². The van der Waals surface area contributed by atoms with E-state index in [4.69, 9.17) is 11.6 Å². The molecule has 0 aromatic heterocycles. The molecule has 1 aromatic carbocycles. The summed E-state index contributed by atoms with van der Waals surface area (Å²) < 4.78 is 0. The van der Waals surface area contributed by atoms with Crippen molar-refractivity contribution in [3.05, 3.63) is 29.3 Å². The lowest BCUT2D eigenvalue weighted by molar-refractivity contribution is -0.145. The first-order valence-corrected chi connectivity index (χ1v) is 10.8. The molecule has 3 aliphatic rings. The summed E-state index contributed by atoms with van der Waals surface area (Å²) in [5.41, 5.74) is 1.07. The maximum atomic E-state index is 12.9. The summed E-state index contributed by atoms with van der Waals surface area (Å²) in [4.78, 5) is 44.7. The van der Waals surface area contributed by atoms with Gasteiger partial charge in [-0.3, -0.25) is 19.4 Å². The van der Waals surface area contributed by atoms with Crippen LogP contribution in [0, 0.1) is 5.92 Å². The first-order valence-electron chi connectivity index (χ1n) is 10.4. The van der Waals surface area contributed by atoms with E-state index < -0.39 is 17.8 Å². The van der Waals surface area contributed by atoms with Gasteiger partial charge in [0.1, 0.15) is 0 Å². The van der Waals surface area contributed by atoms with Gasteiger partial charge >= 0.3 is 17.8 Å². The molecule has 4 rings (SSSR count). The zero-order valence-corrected chi connectivity index (χ0v) is 17.5. The van der Waals surface area contributed by atoms with Crippen LogP contribution in [0.2, 0.25) is 5.02 Å². The monoisotopic (exact) mass is 418 g/mol. The highest BCUT2D eigenvalue weighted by Crippen LogP contribution is 2.31. The second kappa shape index (κ2) is 8.32. The van der Waals surface area contributed by atoms with Gasteiger partial charge in [-0.2, -0.15) is 0 Å². The fraction of sp³-hybridized carbons (Fsp3) is 0.571. The molecular weight excluding hydrogens is 392 g/mol. The van der Waals surface area contributed by atoms with E-state index in [-0.39, 0.29) is 18.6 Å². The fourth-order valence-electron chi connectivity index (χ4n) is 4.64. The SMILES string of the molecule is C[C@H]1CCCC[C@H]1N1C(=O)C(=O)N(CN2CCN(c3cccc(Cl)c3)CC2)C1=O. The molecule has 3 fully saturated rings. The lowest BCUT2D eigenvalue weighted by atomic mass is 9.85. The summed E-state index contributed by atoms with van der Waals surface area (Å²) >= 11 is 6.08. The van der Waals surface area contributed by atoms with Gasteiger partial charge in [0, 0.05) is 42.9 Å². The zero-order chi connectivity index (χ0) is 20.5. The molecule has 0 radical (unpaired) electrons. The summed E-state index contributed by atoms with van der Waals surface area (Å²) in [6.07, 6.45) is 3.88.